The van der Waals surface area contributed by atoms with Crippen molar-refractivity contribution < 1.29 is 9.53 Å². The zero-order chi connectivity index (χ0) is 14.1. The molecule has 0 aliphatic heterocycles. The first-order chi connectivity index (χ1) is 9.76. The SMILES string of the molecule is COc1ccc2c(n1)c(C=O)c(Cl)n2-c1ccccc1. The Morgan fingerprint density at radius 3 is 2.60 bits per heavy atom. The van der Waals surface area contributed by atoms with Gasteiger partial charge in [0, 0.05) is 11.8 Å². The number of carbonyl (C=O) groups is 1. The molecule has 0 radical (unpaired) electrons. The molecular formula is C15H11ClN2O2. The normalized spacial score (nSPS) is 10.7. The quantitative estimate of drug-likeness (QED) is 0.692. The zero-order valence-electron chi connectivity index (χ0n) is 10.7. The number of halogens is 1. The Kier molecular flexibility index (Phi) is 3.16. The van der Waals surface area contributed by atoms with Gasteiger partial charge in [0.2, 0.25) is 5.88 Å². The van der Waals surface area contributed by atoms with E-state index in [-0.39, 0.29) is 0 Å². The first-order valence-electron chi connectivity index (χ1n) is 6.02. The third-order valence-electron chi connectivity index (χ3n) is 3.10. The number of hydrogen-bond donors (Lipinski definition) is 0. The van der Waals surface area contributed by atoms with Crippen LogP contribution in [-0.4, -0.2) is 22.9 Å². The number of fused-ring (bicyclic) bond motifs is 1. The molecule has 0 aliphatic rings. The summed E-state index contributed by atoms with van der Waals surface area (Å²) in [5, 5.41) is 0.349. The molecule has 0 fully saturated rings. The van der Waals surface area contributed by atoms with E-state index < -0.39 is 0 Å². The summed E-state index contributed by atoms with van der Waals surface area (Å²) in [4.78, 5) is 15.6. The Balaban J connectivity index is 2.38. The molecule has 2 aromatic heterocycles. The molecule has 0 N–H and O–H groups in total. The van der Waals surface area contributed by atoms with Crippen molar-refractivity contribution >= 4 is 28.9 Å². The largest absolute Gasteiger partial charge is 0.481 e. The maximum absolute atomic E-state index is 11.3. The van der Waals surface area contributed by atoms with Crippen LogP contribution in [0.4, 0.5) is 0 Å². The van der Waals surface area contributed by atoms with E-state index in [2.05, 4.69) is 4.98 Å². The highest BCUT2D eigenvalue weighted by molar-refractivity contribution is 6.34. The molecule has 0 atom stereocenters. The number of ether oxygens (including phenoxy) is 1. The lowest BCUT2D eigenvalue weighted by molar-refractivity contribution is 0.112. The topological polar surface area (TPSA) is 44.1 Å². The van der Waals surface area contributed by atoms with E-state index in [1.807, 2.05) is 36.4 Å². The number of pyridine rings is 1. The van der Waals surface area contributed by atoms with E-state index in [0.29, 0.717) is 22.1 Å². The smallest absolute Gasteiger partial charge is 0.213 e. The molecule has 3 rings (SSSR count). The second kappa shape index (κ2) is 4.98. The monoisotopic (exact) mass is 286 g/mol. The van der Waals surface area contributed by atoms with Gasteiger partial charge in [0.05, 0.1) is 18.2 Å². The molecule has 1 aromatic carbocycles. The summed E-state index contributed by atoms with van der Waals surface area (Å²) < 4.78 is 6.90. The second-order valence-corrected chi connectivity index (χ2v) is 4.57. The van der Waals surface area contributed by atoms with Crippen molar-refractivity contribution in [2.75, 3.05) is 7.11 Å². The van der Waals surface area contributed by atoms with Gasteiger partial charge in [0.1, 0.15) is 10.7 Å². The Labute approximate surface area is 120 Å². The minimum Gasteiger partial charge on any atom is -0.481 e. The summed E-state index contributed by atoms with van der Waals surface area (Å²) in [6.07, 6.45) is 0.719. The number of methoxy groups -OCH3 is 1. The summed E-state index contributed by atoms with van der Waals surface area (Å²) in [7, 11) is 1.53. The zero-order valence-corrected chi connectivity index (χ0v) is 11.5. The van der Waals surface area contributed by atoms with Gasteiger partial charge < -0.3 is 4.74 Å². The third kappa shape index (κ3) is 1.85. The van der Waals surface area contributed by atoms with Gasteiger partial charge in [-0.2, -0.15) is 0 Å². The molecule has 0 saturated heterocycles. The molecule has 0 saturated carbocycles. The minimum atomic E-state index is 0.349. The van der Waals surface area contributed by atoms with Gasteiger partial charge in [0.25, 0.3) is 0 Å². The van der Waals surface area contributed by atoms with E-state index in [1.54, 1.807) is 10.6 Å². The lowest BCUT2D eigenvalue weighted by atomic mass is 10.3. The lowest BCUT2D eigenvalue weighted by Crippen LogP contribution is -1.94. The van der Waals surface area contributed by atoms with Crippen molar-refractivity contribution in [3.05, 3.63) is 53.2 Å². The van der Waals surface area contributed by atoms with Crippen LogP contribution in [0.2, 0.25) is 5.15 Å². The fourth-order valence-corrected chi connectivity index (χ4v) is 2.51. The Hall–Kier alpha value is -2.33. The van der Waals surface area contributed by atoms with Gasteiger partial charge in [-0.3, -0.25) is 9.36 Å². The van der Waals surface area contributed by atoms with Crippen molar-refractivity contribution in [1.29, 1.82) is 0 Å². The fraction of sp³-hybridized carbons (Fsp3) is 0.0667. The minimum absolute atomic E-state index is 0.349. The predicted molar refractivity (Wildman–Crippen MR) is 78.0 cm³/mol. The van der Waals surface area contributed by atoms with E-state index in [9.17, 15) is 4.79 Å². The summed E-state index contributed by atoms with van der Waals surface area (Å²) >= 11 is 6.33. The number of hydrogen-bond acceptors (Lipinski definition) is 3. The highest BCUT2D eigenvalue weighted by Crippen LogP contribution is 2.32. The molecule has 4 nitrogen and oxygen atoms in total. The van der Waals surface area contributed by atoms with E-state index in [0.717, 1.165) is 17.5 Å². The van der Waals surface area contributed by atoms with Gasteiger partial charge in [-0.15, -0.1) is 0 Å². The van der Waals surface area contributed by atoms with Crippen LogP contribution in [0.25, 0.3) is 16.7 Å². The van der Waals surface area contributed by atoms with Crippen LogP contribution < -0.4 is 4.74 Å². The average molecular weight is 287 g/mol. The number of aromatic nitrogens is 2. The van der Waals surface area contributed by atoms with Gasteiger partial charge in [0.15, 0.2) is 6.29 Å². The van der Waals surface area contributed by atoms with Crippen LogP contribution in [0.1, 0.15) is 10.4 Å². The van der Waals surface area contributed by atoms with Gasteiger partial charge in [-0.05, 0) is 18.2 Å². The van der Waals surface area contributed by atoms with Gasteiger partial charge in [-0.1, -0.05) is 29.8 Å². The Bertz CT molecular complexity index is 781. The van der Waals surface area contributed by atoms with Crippen molar-refractivity contribution in [1.82, 2.24) is 9.55 Å². The summed E-state index contributed by atoms with van der Waals surface area (Å²) in [5.74, 6) is 0.447. The first-order valence-corrected chi connectivity index (χ1v) is 6.39. The molecule has 3 aromatic rings. The molecule has 0 unspecified atom stereocenters. The molecule has 2 heterocycles. The molecule has 20 heavy (non-hydrogen) atoms. The van der Waals surface area contributed by atoms with Crippen LogP contribution in [0.5, 0.6) is 5.88 Å². The molecular weight excluding hydrogens is 276 g/mol. The van der Waals surface area contributed by atoms with Crippen molar-refractivity contribution in [3.8, 4) is 11.6 Å². The lowest BCUT2D eigenvalue weighted by Gasteiger charge is -2.06. The van der Waals surface area contributed by atoms with Crippen LogP contribution in [0.3, 0.4) is 0 Å². The molecule has 100 valence electrons. The number of carbonyl (C=O) groups excluding carboxylic acids is 1. The number of benzene rings is 1. The molecule has 0 spiro atoms. The number of nitrogens with zero attached hydrogens (tertiary/aromatic N) is 2. The maximum Gasteiger partial charge on any atom is 0.213 e. The average Bonchev–Trinajstić information content (AvgIpc) is 2.78. The van der Waals surface area contributed by atoms with Crippen LogP contribution in [0.15, 0.2) is 42.5 Å². The highest BCUT2D eigenvalue weighted by atomic mass is 35.5. The van der Waals surface area contributed by atoms with Crippen LogP contribution >= 0.6 is 11.6 Å². The summed E-state index contributed by atoms with van der Waals surface area (Å²) in [6.45, 7) is 0. The third-order valence-corrected chi connectivity index (χ3v) is 3.48. The summed E-state index contributed by atoms with van der Waals surface area (Å²) in [6, 6.07) is 13.2. The van der Waals surface area contributed by atoms with Gasteiger partial charge >= 0.3 is 0 Å². The van der Waals surface area contributed by atoms with Crippen molar-refractivity contribution in [2.45, 2.75) is 0 Å². The highest BCUT2D eigenvalue weighted by Gasteiger charge is 2.18. The molecule has 5 heteroatoms. The number of rotatable bonds is 3. The molecule has 0 aliphatic carbocycles. The van der Waals surface area contributed by atoms with E-state index in [4.69, 9.17) is 16.3 Å². The molecule has 0 amide bonds. The summed E-state index contributed by atoms with van der Waals surface area (Å²) in [5.41, 5.74) is 2.55. The second-order valence-electron chi connectivity index (χ2n) is 4.21. The van der Waals surface area contributed by atoms with Gasteiger partial charge in [-0.25, -0.2) is 4.98 Å². The van der Waals surface area contributed by atoms with Crippen molar-refractivity contribution in [3.63, 3.8) is 0 Å². The van der Waals surface area contributed by atoms with Crippen LogP contribution in [0, 0.1) is 0 Å². The standard InChI is InChI=1S/C15H11ClN2O2/c1-20-13-8-7-12-14(17-13)11(9-19)15(16)18(12)10-5-3-2-4-6-10/h2-9H,1H3. The molecule has 0 bridgehead atoms. The number of para-hydroxylation sites is 1. The van der Waals surface area contributed by atoms with E-state index >= 15 is 0 Å². The maximum atomic E-state index is 11.3. The van der Waals surface area contributed by atoms with Crippen LogP contribution in [-0.2, 0) is 0 Å². The predicted octanol–water partition coefficient (Wildman–Crippen LogP) is 3.50. The Morgan fingerprint density at radius 2 is 1.95 bits per heavy atom. The van der Waals surface area contributed by atoms with Crippen molar-refractivity contribution in [2.24, 2.45) is 0 Å². The van der Waals surface area contributed by atoms with E-state index in [1.165, 1.54) is 7.11 Å². The first kappa shape index (κ1) is 12.7. The Morgan fingerprint density at radius 1 is 1.20 bits per heavy atom. The number of aldehydes is 1. The fourth-order valence-electron chi connectivity index (χ4n) is 2.18.